The number of nitrogens with two attached hydrogens (primary N) is 1. The minimum atomic E-state index is -2.71. The number of carboxylic acid groups (broad SMARTS) is 1. The first-order valence-electron chi connectivity index (χ1n) is 20.6. The molecule has 0 aliphatic carbocycles. The second kappa shape index (κ2) is 19.8. The van der Waals surface area contributed by atoms with E-state index in [-0.39, 0.29) is 35.6 Å². The zero-order chi connectivity index (χ0) is 44.8. The van der Waals surface area contributed by atoms with E-state index in [2.05, 4.69) is 65.3 Å². The number of nitrogens with one attached hydrogen (secondary N) is 2. The van der Waals surface area contributed by atoms with Gasteiger partial charge >= 0.3 is 11.7 Å². The van der Waals surface area contributed by atoms with E-state index in [4.69, 9.17) is 24.1 Å². The molecule has 0 saturated carbocycles. The number of ether oxygens (including phenoxy) is 2. The molecule has 15 nitrogen and oxygen atoms in total. The minimum Gasteiger partial charge on any atom is -0.497 e. The van der Waals surface area contributed by atoms with Crippen LogP contribution in [0.2, 0.25) is 36.3 Å². The van der Waals surface area contributed by atoms with Gasteiger partial charge in [-0.1, -0.05) is 84.0 Å². The fraction of sp³-hybridized carbons (Fsp3) is 0.581. The SMILES string of the molecule is COc1ccc(Cn2c(=O)ccn([C@@H]3OC([C@H](O)[C@H](NCCCNC(=O)[C@@H](N)Cc4ccccc4)C(=O)O)[C@@H](O[Si](C)(C)C(C)(C)C)[C@H]3O[Si](C)(C)C(C)(C)C)c2=O)cc1. The molecule has 60 heavy (non-hydrogen) atoms. The number of aromatic nitrogens is 2. The number of hydrogen-bond donors (Lipinski definition) is 5. The number of nitrogens with zero attached hydrogens (tertiary/aromatic N) is 2. The summed E-state index contributed by atoms with van der Waals surface area (Å²) in [7, 11) is -3.86. The number of carboxylic acids is 1. The number of aliphatic hydroxyl groups excluding tert-OH is 1. The van der Waals surface area contributed by atoms with Gasteiger partial charge in [-0.15, -0.1) is 0 Å². The molecule has 1 fully saturated rings. The minimum absolute atomic E-state index is 0.0383. The van der Waals surface area contributed by atoms with Crippen molar-refractivity contribution >= 4 is 28.5 Å². The Bertz CT molecular complexity index is 2010. The Hall–Kier alpha value is -3.95. The van der Waals surface area contributed by atoms with Crippen LogP contribution >= 0.6 is 0 Å². The molecule has 1 amide bonds. The Morgan fingerprint density at radius 1 is 0.867 bits per heavy atom. The first-order valence-corrected chi connectivity index (χ1v) is 26.4. The largest absolute Gasteiger partial charge is 0.497 e. The molecule has 0 radical (unpaired) electrons. The third-order valence-corrected chi connectivity index (χ3v) is 21.1. The van der Waals surface area contributed by atoms with Crippen LogP contribution in [0.5, 0.6) is 5.75 Å². The Morgan fingerprint density at radius 2 is 1.45 bits per heavy atom. The van der Waals surface area contributed by atoms with Crippen molar-refractivity contribution in [2.24, 2.45) is 5.73 Å². The molecule has 7 atom stereocenters. The zero-order valence-corrected chi connectivity index (χ0v) is 39.1. The van der Waals surface area contributed by atoms with Gasteiger partial charge in [0.2, 0.25) is 5.91 Å². The van der Waals surface area contributed by atoms with E-state index in [1.165, 1.54) is 16.8 Å². The van der Waals surface area contributed by atoms with Crippen LogP contribution in [0.4, 0.5) is 0 Å². The number of carbonyl (C=O) groups is 2. The highest BCUT2D eigenvalue weighted by Crippen LogP contribution is 2.46. The maximum absolute atomic E-state index is 14.4. The molecule has 17 heteroatoms. The lowest BCUT2D eigenvalue weighted by Gasteiger charge is -2.44. The topological polar surface area (TPSA) is 206 Å². The summed E-state index contributed by atoms with van der Waals surface area (Å²) in [5, 5.41) is 27.8. The fourth-order valence-corrected chi connectivity index (χ4v) is 9.02. The van der Waals surface area contributed by atoms with Gasteiger partial charge < -0.3 is 44.9 Å². The lowest BCUT2D eigenvalue weighted by molar-refractivity contribution is -0.149. The smallest absolute Gasteiger partial charge is 0.333 e. The van der Waals surface area contributed by atoms with Gasteiger partial charge in [0.1, 0.15) is 36.2 Å². The molecule has 1 aliphatic heterocycles. The van der Waals surface area contributed by atoms with Gasteiger partial charge in [-0.25, -0.2) is 4.79 Å². The second-order valence-electron chi connectivity index (χ2n) is 18.7. The summed E-state index contributed by atoms with van der Waals surface area (Å²) in [6, 6.07) is 15.4. The normalized spacial score (nSPS) is 20.4. The van der Waals surface area contributed by atoms with Gasteiger partial charge in [-0.05, 0) is 78.9 Å². The van der Waals surface area contributed by atoms with Crippen molar-refractivity contribution < 1.29 is 38.1 Å². The van der Waals surface area contributed by atoms with Gasteiger partial charge in [0.25, 0.3) is 5.56 Å². The average Bonchev–Trinajstić information content (AvgIpc) is 3.49. The predicted octanol–water partition coefficient (Wildman–Crippen LogP) is 4.23. The van der Waals surface area contributed by atoms with Gasteiger partial charge in [0.15, 0.2) is 22.9 Å². The molecular weight excluding hydrogens is 803 g/mol. The molecule has 1 saturated heterocycles. The van der Waals surface area contributed by atoms with Gasteiger partial charge in [0, 0.05) is 18.8 Å². The van der Waals surface area contributed by atoms with Gasteiger partial charge in [-0.2, -0.15) is 0 Å². The van der Waals surface area contributed by atoms with Crippen molar-refractivity contribution in [3.05, 3.63) is 98.8 Å². The number of amides is 1. The van der Waals surface area contributed by atoms with Crippen LogP contribution in [0, 0.1) is 0 Å². The van der Waals surface area contributed by atoms with E-state index in [9.17, 15) is 29.4 Å². The number of methoxy groups -OCH3 is 1. The highest BCUT2D eigenvalue weighted by atomic mass is 28.4. The monoisotopic (exact) mass is 869 g/mol. The zero-order valence-electron chi connectivity index (χ0n) is 37.1. The van der Waals surface area contributed by atoms with E-state index in [0.717, 1.165) is 10.1 Å². The molecule has 0 spiro atoms. The maximum atomic E-state index is 14.4. The van der Waals surface area contributed by atoms with Gasteiger partial charge in [0.05, 0.1) is 19.7 Å². The van der Waals surface area contributed by atoms with Crippen LogP contribution in [-0.2, 0) is 36.1 Å². The van der Waals surface area contributed by atoms with E-state index in [0.29, 0.717) is 24.2 Å². The quantitative estimate of drug-likeness (QED) is 0.0849. The van der Waals surface area contributed by atoms with E-state index < -0.39 is 76.6 Å². The molecule has 1 unspecified atom stereocenters. The molecular formula is C43H67N5O10Si2. The van der Waals surface area contributed by atoms with Crippen LogP contribution in [0.25, 0.3) is 0 Å². The Labute approximate surface area is 355 Å². The summed E-state index contributed by atoms with van der Waals surface area (Å²) in [5.74, 6) is -1.04. The molecule has 2 aromatic carbocycles. The van der Waals surface area contributed by atoms with E-state index in [1.807, 2.05) is 43.4 Å². The van der Waals surface area contributed by atoms with Crippen molar-refractivity contribution in [3.63, 3.8) is 0 Å². The van der Waals surface area contributed by atoms with Gasteiger partial charge in [-0.3, -0.25) is 23.5 Å². The van der Waals surface area contributed by atoms with Crippen molar-refractivity contribution in [1.29, 1.82) is 0 Å². The molecule has 6 N–H and O–H groups in total. The van der Waals surface area contributed by atoms with Crippen molar-refractivity contribution in [3.8, 4) is 5.75 Å². The summed E-state index contributed by atoms with van der Waals surface area (Å²) in [6.45, 7) is 20.9. The Morgan fingerprint density at radius 3 is 2.00 bits per heavy atom. The number of aliphatic carboxylic acids is 1. The molecule has 3 aromatic rings. The highest BCUT2D eigenvalue weighted by Gasteiger charge is 2.57. The molecule has 1 aliphatic rings. The van der Waals surface area contributed by atoms with Crippen LogP contribution in [0.1, 0.15) is 65.3 Å². The first-order chi connectivity index (χ1) is 27.9. The number of hydrogen-bond acceptors (Lipinski definition) is 11. The van der Waals surface area contributed by atoms with Crippen molar-refractivity contribution in [2.75, 3.05) is 20.2 Å². The summed E-state index contributed by atoms with van der Waals surface area (Å²) in [5.41, 5.74) is 6.55. The maximum Gasteiger partial charge on any atom is 0.333 e. The Kier molecular flexibility index (Phi) is 16.1. The fourth-order valence-electron chi connectivity index (χ4n) is 6.43. The van der Waals surface area contributed by atoms with Crippen LogP contribution < -0.4 is 32.4 Å². The van der Waals surface area contributed by atoms with Crippen LogP contribution in [0.15, 0.2) is 76.4 Å². The number of carbonyl (C=O) groups excluding carboxylic acids is 1. The molecule has 0 bridgehead atoms. The van der Waals surface area contributed by atoms with Crippen molar-refractivity contribution in [2.45, 2.75) is 140 Å². The molecule has 1 aromatic heterocycles. The number of aliphatic hydroxyl groups is 1. The lowest BCUT2D eigenvalue weighted by atomic mass is 9.99. The average molecular weight is 870 g/mol. The molecule has 4 rings (SSSR count). The van der Waals surface area contributed by atoms with Crippen LogP contribution in [0.3, 0.4) is 0 Å². The first kappa shape index (κ1) is 48.7. The number of rotatable bonds is 19. The second-order valence-corrected chi connectivity index (χ2v) is 28.2. The lowest BCUT2D eigenvalue weighted by Crippen LogP contribution is -2.59. The van der Waals surface area contributed by atoms with Crippen molar-refractivity contribution in [1.82, 2.24) is 19.8 Å². The summed E-state index contributed by atoms with van der Waals surface area (Å²) < 4.78 is 28.5. The third-order valence-electron chi connectivity index (χ3n) is 12.2. The van der Waals surface area contributed by atoms with E-state index >= 15 is 0 Å². The standard InChI is InChI=1S/C43H67N5O10Si2/c1-42(2,3)59(8,9)57-36-35(34(50)33(40(52)53)45-23-15-24-46-38(51)31(44)26-28-16-13-12-14-17-28)56-39(37(36)58-60(10,11)43(4,5)6)47-25-22-32(49)48(41(47)54)27-29-18-20-30(55-7)21-19-29/h12-14,16-22,25,31,33-37,39,45,50H,15,23-24,26-27,44H2,1-11H3,(H,46,51)(H,52,53)/t31-,33-,34+,35?,36+,37+,39+/m0/s1. The number of benzene rings is 2. The van der Waals surface area contributed by atoms with E-state index in [1.54, 1.807) is 31.4 Å². The Balaban J connectivity index is 1.68. The molecule has 2 heterocycles. The summed E-state index contributed by atoms with van der Waals surface area (Å²) in [6.07, 6.45) is -4.16. The molecule has 332 valence electrons. The highest BCUT2D eigenvalue weighted by molar-refractivity contribution is 6.74. The van der Waals surface area contributed by atoms with Crippen LogP contribution in [-0.4, -0.2) is 105 Å². The summed E-state index contributed by atoms with van der Waals surface area (Å²) in [4.78, 5) is 53.3. The summed E-state index contributed by atoms with van der Waals surface area (Å²) >= 11 is 0. The third kappa shape index (κ3) is 11.9. The predicted molar refractivity (Wildman–Crippen MR) is 236 cm³/mol.